The molecule has 0 unspecified atom stereocenters. The van der Waals surface area contributed by atoms with Crippen molar-refractivity contribution >= 4 is 17.5 Å². The molecule has 3 nitrogen and oxygen atoms in total. The Labute approximate surface area is 129 Å². The second-order valence-corrected chi connectivity index (χ2v) is 6.50. The predicted molar refractivity (Wildman–Crippen MR) is 80.6 cm³/mol. The van der Waals surface area contributed by atoms with Crippen LogP contribution in [0.5, 0.6) is 0 Å². The van der Waals surface area contributed by atoms with E-state index >= 15 is 0 Å². The highest BCUT2D eigenvalue weighted by Crippen LogP contribution is 2.51. The van der Waals surface area contributed by atoms with Crippen LogP contribution in [-0.4, -0.2) is 30.4 Å². The lowest BCUT2D eigenvalue weighted by Gasteiger charge is -2.31. The van der Waals surface area contributed by atoms with E-state index < -0.39 is 0 Å². The van der Waals surface area contributed by atoms with Gasteiger partial charge in [-0.05, 0) is 43.9 Å². The Kier molecular flexibility index (Phi) is 4.18. The number of nitrogens with two attached hydrogens (primary N) is 1. The van der Waals surface area contributed by atoms with Crippen molar-refractivity contribution in [1.29, 1.82) is 0 Å². The Hall–Kier alpha value is -1.13. The van der Waals surface area contributed by atoms with E-state index in [-0.39, 0.29) is 23.6 Å². The van der Waals surface area contributed by atoms with E-state index in [0.717, 1.165) is 25.9 Å². The topological polar surface area (TPSA) is 46.3 Å². The van der Waals surface area contributed by atoms with Crippen molar-refractivity contribution in [1.82, 2.24) is 4.90 Å². The van der Waals surface area contributed by atoms with E-state index in [1.54, 1.807) is 12.1 Å². The highest BCUT2D eigenvalue weighted by molar-refractivity contribution is 6.31. The zero-order valence-electron chi connectivity index (χ0n) is 11.9. The van der Waals surface area contributed by atoms with Crippen LogP contribution < -0.4 is 5.73 Å². The third kappa shape index (κ3) is 2.92. The molecular weight excluding hydrogens is 291 g/mol. The highest BCUT2D eigenvalue weighted by Gasteiger charge is 2.48. The Balaban J connectivity index is 1.64. The van der Waals surface area contributed by atoms with Gasteiger partial charge >= 0.3 is 0 Å². The molecule has 2 fully saturated rings. The Morgan fingerprint density at radius 1 is 1.38 bits per heavy atom. The summed E-state index contributed by atoms with van der Waals surface area (Å²) < 4.78 is 13.9. The van der Waals surface area contributed by atoms with E-state index in [4.69, 9.17) is 17.3 Å². The van der Waals surface area contributed by atoms with Gasteiger partial charge in [-0.1, -0.05) is 17.7 Å². The third-order valence-corrected chi connectivity index (χ3v) is 5.07. The van der Waals surface area contributed by atoms with Crippen LogP contribution in [0, 0.1) is 17.7 Å². The monoisotopic (exact) mass is 310 g/mol. The smallest absolute Gasteiger partial charge is 0.226 e. The summed E-state index contributed by atoms with van der Waals surface area (Å²) in [6.07, 6.45) is 2.65. The second-order valence-electron chi connectivity index (χ2n) is 6.09. The normalized spacial score (nSPS) is 26.0. The first-order valence-corrected chi connectivity index (χ1v) is 7.92. The molecule has 1 amide bonds. The second kappa shape index (κ2) is 5.93. The molecule has 2 N–H and O–H groups in total. The van der Waals surface area contributed by atoms with Gasteiger partial charge < -0.3 is 10.6 Å². The molecule has 5 heteroatoms. The van der Waals surface area contributed by atoms with Gasteiger partial charge in [0.25, 0.3) is 0 Å². The summed E-state index contributed by atoms with van der Waals surface area (Å²) in [6.45, 7) is 2.24. The molecule has 1 aliphatic heterocycles. The summed E-state index contributed by atoms with van der Waals surface area (Å²) in [4.78, 5) is 14.4. The number of rotatable bonds is 3. The maximum absolute atomic E-state index is 13.9. The number of piperidine rings is 1. The van der Waals surface area contributed by atoms with Gasteiger partial charge in [-0.15, -0.1) is 0 Å². The fraction of sp³-hybridized carbons (Fsp3) is 0.562. The van der Waals surface area contributed by atoms with Gasteiger partial charge in [-0.3, -0.25) is 4.79 Å². The van der Waals surface area contributed by atoms with Crippen LogP contribution in [0.2, 0.25) is 5.02 Å². The summed E-state index contributed by atoms with van der Waals surface area (Å²) in [5.74, 6) is 0.219. The van der Waals surface area contributed by atoms with Crippen LogP contribution in [0.25, 0.3) is 0 Å². The molecule has 114 valence electrons. The molecule has 1 heterocycles. The van der Waals surface area contributed by atoms with Gasteiger partial charge in [-0.2, -0.15) is 0 Å². The largest absolute Gasteiger partial charge is 0.342 e. The molecule has 1 saturated carbocycles. The van der Waals surface area contributed by atoms with Crippen LogP contribution in [0.4, 0.5) is 4.39 Å². The van der Waals surface area contributed by atoms with E-state index in [1.807, 2.05) is 4.90 Å². The maximum atomic E-state index is 13.9. The Morgan fingerprint density at radius 3 is 2.71 bits per heavy atom. The summed E-state index contributed by atoms with van der Waals surface area (Å²) in [6, 6.07) is 4.69. The van der Waals surface area contributed by atoms with Crippen molar-refractivity contribution in [2.75, 3.05) is 19.6 Å². The zero-order chi connectivity index (χ0) is 15.0. The molecular formula is C16H20ClFN2O. The van der Waals surface area contributed by atoms with Gasteiger partial charge in [0.1, 0.15) is 5.82 Å². The minimum Gasteiger partial charge on any atom is -0.342 e. The predicted octanol–water partition coefficient (Wildman–Crippen LogP) is 2.78. The van der Waals surface area contributed by atoms with E-state index in [2.05, 4.69) is 0 Å². The number of halogens is 2. The van der Waals surface area contributed by atoms with Crippen molar-refractivity contribution in [3.63, 3.8) is 0 Å². The SMILES string of the molecule is NCC1CCN(C(=O)[C@H]2C[C@@H]2c2c(F)cccc2Cl)CC1. The van der Waals surface area contributed by atoms with Crippen LogP contribution in [0.3, 0.4) is 0 Å². The molecule has 1 aromatic carbocycles. The van der Waals surface area contributed by atoms with Crippen LogP contribution in [0.15, 0.2) is 18.2 Å². The van der Waals surface area contributed by atoms with E-state index in [0.29, 0.717) is 29.5 Å². The molecule has 21 heavy (non-hydrogen) atoms. The van der Waals surface area contributed by atoms with Gasteiger partial charge in [-0.25, -0.2) is 4.39 Å². The highest BCUT2D eigenvalue weighted by atomic mass is 35.5. The number of carbonyl (C=O) groups is 1. The number of hydrogen-bond acceptors (Lipinski definition) is 2. The van der Waals surface area contributed by atoms with Crippen molar-refractivity contribution in [3.05, 3.63) is 34.6 Å². The minimum atomic E-state index is -0.301. The summed E-state index contributed by atoms with van der Waals surface area (Å²) in [5.41, 5.74) is 6.18. The van der Waals surface area contributed by atoms with Gasteiger partial charge in [0.2, 0.25) is 5.91 Å². The number of benzene rings is 1. The van der Waals surface area contributed by atoms with Gasteiger partial charge in [0.15, 0.2) is 0 Å². The molecule has 1 saturated heterocycles. The van der Waals surface area contributed by atoms with Crippen LogP contribution in [-0.2, 0) is 4.79 Å². The van der Waals surface area contributed by atoms with Gasteiger partial charge in [0, 0.05) is 35.5 Å². The molecule has 0 spiro atoms. The average molecular weight is 311 g/mol. The van der Waals surface area contributed by atoms with Crippen molar-refractivity contribution < 1.29 is 9.18 Å². The molecule has 1 aliphatic carbocycles. The lowest BCUT2D eigenvalue weighted by atomic mass is 9.96. The Morgan fingerprint density at radius 2 is 2.10 bits per heavy atom. The fourth-order valence-corrected chi connectivity index (χ4v) is 3.58. The average Bonchev–Trinajstić information content (AvgIpc) is 3.27. The Bertz CT molecular complexity index is 523. The standard InChI is InChI=1S/C16H20ClFN2O/c17-13-2-1-3-14(18)15(13)11-8-12(11)16(21)20-6-4-10(9-19)5-7-20/h1-3,10-12H,4-9,19H2/t11-,12-/m0/s1. The first kappa shape index (κ1) is 14.8. The number of amides is 1. The first-order valence-electron chi connectivity index (χ1n) is 7.54. The number of nitrogens with zero attached hydrogens (tertiary/aromatic N) is 1. The molecule has 0 radical (unpaired) electrons. The van der Waals surface area contributed by atoms with Crippen molar-refractivity contribution in [2.24, 2.45) is 17.6 Å². The van der Waals surface area contributed by atoms with Crippen molar-refractivity contribution in [2.45, 2.75) is 25.2 Å². The molecule has 3 rings (SSSR count). The lowest BCUT2D eigenvalue weighted by molar-refractivity contribution is -0.134. The number of carbonyl (C=O) groups excluding carboxylic acids is 1. The molecule has 2 aliphatic rings. The van der Waals surface area contributed by atoms with E-state index in [1.165, 1.54) is 6.07 Å². The van der Waals surface area contributed by atoms with Crippen LogP contribution in [0.1, 0.15) is 30.7 Å². The summed E-state index contributed by atoms with van der Waals surface area (Å²) in [7, 11) is 0. The maximum Gasteiger partial charge on any atom is 0.226 e. The molecule has 2 atom stereocenters. The molecule has 0 bridgehead atoms. The molecule has 1 aromatic rings. The summed E-state index contributed by atoms with van der Waals surface area (Å²) in [5, 5.41) is 0.428. The third-order valence-electron chi connectivity index (χ3n) is 4.74. The quantitative estimate of drug-likeness (QED) is 0.933. The lowest BCUT2D eigenvalue weighted by Crippen LogP contribution is -2.41. The van der Waals surface area contributed by atoms with Gasteiger partial charge in [0.05, 0.1) is 0 Å². The van der Waals surface area contributed by atoms with Crippen molar-refractivity contribution in [3.8, 4) is 0 Å². The van der Waals surface area contributed by atoms with E-state index in [9.17, 15) is 9.18 Å². The first-order chi connectivity index (χ1) is 10.1. The molecule has 0 aromatic heterocycles. The van der Waals surface area contributed by atoms with Crippen LogP contribution >= 0.6 is 11.6 Å². The zero-order valence-corrected chi connectivity index (χ0v) is 12.7. The number of likely N-dealkylation sites (tertiary alicyclic amines) is 1. The number of hydrogen-bond donors (Lipinski definition) is 1. The summed E-state index contributed by atoms with van der Waals surface area (Å²) >= 11 is 6.08. The fourth-order valence-electron chi connectivity index (χ4n) is 3.28. The minimum absolute atomic E-state index is 0.0570.